The van der Waals surface area contributed by atoms with Crippen LogP contribution in [-0.4, -0.2) is 45.0 Å². The SMILES string of the molecule is COc1ccccc1C(=O)c1cc(C)ccc1NC(=O)Nc1ncc(CCc2nc(C(=O)O)c(C(F)(F)F)[nH]2)s1. The number of imidazole rings is 1. The molecule has 40 heavy (non-hydrogen) atoms. The number of anilines is 2. The van der Waals surface area contributed by atoms with Gasteiger partial charge in [0.05, 0.1) is 18.4 Å². The Balaban J connectivity index is 1.43. The van der Waals surface area contributed by atoms with Crippen molar-refractivity contribution in [2.24, 2.45) is 0 Å². The van der Waals surface area contributed by atoms with Gasteiger partial charge in [-0.15, -0.1) is 11.3 Å². The summed E-state index contributed by atoms with van der Waals surface area (Å²) in [6.45, 7) is 1.81. The molecule has 2 aromatic carbocycles. The van der Waals surface area contributed by atoms with Gasteiger partial charge in [-0.05, 0) is 37.6 Å². The van der Waals surface area contributed by atoms with E-state index in [1.165, 1.54) is 13.3 Å². The highest BCUT2D eigenvalue weighted by molar-refractivity contribution is 7.15. The van der Waals surface area contributed by atoms with Crippen LogP contribution in [0.25, 0.3) is 0 Å². The topological polar surface area (TPSA) is 146 Å². The number of alkyl halides is 3. The molecule has 0 spiro atoms. The second-order valence-corrected chi connectivity index (χ2v) is 9.61. The van der Waals surface area contributed by atoms with Crippen molar-refractivity contribution in [2.75, 3.05) is 17.7 Å². The fraction of sp³-hybridized carbons (Fsp3) is 0.192. The molecule has 0 atom stereocenters. The maximum absolute atomic E-state index is 13.3. The number of aryl methyl sites for hydroxylation is 3. The summed E-state index contributed by atoms with van der Waals surface area (Å²) in [4.78, 5) is 47.4. The molecule has 0 saturated heterocycles. The maximum atomic E-state index is 13.3. The van der Waals surface area contributed by atoms with Crippen LogP contribution in [-0.2, 0) is 19.0 Å². The number of carbonyl (C=O) groups excluding carboxylic acids is 2. The lowest BCUT2D eigenvalue weighted by Gasteiger charge is -2.13. The molecule has 0 bridgehead atoms. The average molecular weight is 574 g/mol. The van der Waals surface area contributed by atoms with Crippen molar-refractivity contribution < 1.29 is 37.4 Å². The van der Waals surface area contributed by atoms with Crippen LogP contribution in [0.3, 0.4) is 0 Å². The highest BCUT2D eigenvalue weighted by Gasteiger charge is 2.39. The predicted octanol–water partition coefficient (Wildman–Crippen LogP) is 5.56. The smallest absolute Gasteiger partial charge is 0.433 e. The number of carboxylic acids is 1. The fourth-order valence-electron chi connectivity index (χ4n) is 3.81. The van der Waals surface area contributed by atoms with Crippen LogP contribution in [0.2, 0.25) is 0 Å². The Labute approximate surface area is 229 Å². The number of para-hydroxylation sites is 1. The van der Waals surface area contributed by atoms with E-state index in [4.69, 9.17) is 9.84 Å². The van der Waals surface area contributed by atoms with Crippen molar-refractivity contribution in [2.45, 2.75) is 25.9 Å². The van der Waals surface area contributed by atoms with Crippen molar-refractivity contribution in [1.29, 1.82) is 0 Å². The molecule has 4 aromatic rings. The average Bonchev–Trinajstić information content (AvgIpc) is 3.55. The minimum Gasteiger partial charge on any atom is -0.496 e. The number of carbonyl (C=O) groups is 3. The Bertz CT molecular complexity index is 1580. The second kappa shape index (κ2) is 11.6. The monoisotopic (exact) mass is 573 g/mol. The summed E-state index contributed by atoms with van der Waals surface area (Å²) in [5.74, 6) is -1.88. The number of methoxy groups -OCH3 is 1. The van der Waals surface area contributed by atoms with Crippen molar-refractivity contribution >= 4 is 39.9 Å². The number of H-pyrrole nitrogens is 1. The lowest BCUT2D eigenvalue weighted by Crippen LogP contribution is -2.21. The molecular formula is C26H22F3N5O5S. The largest absolute Gasteiger partial charge is 0.496 e. The lowest BCUT2D eigenvalue weighted by atomic mass is 9.99. The molecular weight excluding hydrogens is 551 g/mol. The Morgan fingerprint density at radius 3 is 2.50 bits per heavy atom. The maximum Gasteiger partial charge on any atom is 0.433 e. The molecule has 208 valence electrons. The van der Waals surface area contributed by atoms with Crippen LogP contribution in [0.1, 0.15) is 48.4 Å². The van der Waals surface area contributed by atoms with E-state index in [1.807, 2.05) is 11.9 Å². The van der Waals surface area contributed by atoms with E-state index in [2.05, 4.69) is 20.6 Å². The highest BCUT2D eigenvalue weighted by Crippen LogP contribution is 2.31. The summed E-state index contributed by atoms with van der Waals surface area (Å²) in [5, 5.41) is 14.4. The first-order valence-electron chi connectivity index (χ1n) is 11.7. The van der Waals surface area contributed by atoms with Crippen molar-refractivity contribution in [1.82, 2.24) is 15.0 Å². The molecule has 10 nitrogen and oxygen atoms in total. The molecule has 0 radical (unpaired) electrons. The summed E-state index contributed by atoms with van der Waals surface area (Å²) in [6.07, 6.45) is -3.26. The second-order valence-electron chi connectivity index (χ2n) is 8.50. The lowest BCUT2D eigenvalue weighted by molar-refractivity contribution is -0.141. The zero-order valence-electron chi connectivity index (χ0n) is 21.0. The van der Waals surface area contributed by atoms with Gasteiger partial charge in [0.25, 0.3) is 0 Å². The van der Waals surface area contributed by atoms with Gasteiger partial charge >= 0.3 is 18.2 Å². The van der Waals surface area contributed by atoms with Gasteiger partial charge < -0.3 is 20.1 Å². The van der Waals surface area contributed by atoms with Crippen molar-refractivity contribution in [3.8, 4) is 5.75 Å². The highest BCUT2D eigenvalue weighted by atomic mass is 32.1. The number of benzene rings is 2. The fourth-order valence-corrected chi connectivity index (χ4v) is 4.61. The van der Waals surface area contributed by atoms with Crippen LogP contribution < -0.4 is 15.4 Å². The van der Waals surface area contributed by atoms with Gasteiger partial charge in [0.15, 0.2) is 22.3 Å². The first-order chi connectivity index (χ1) is 19.0. The normalized spacial score (nSPS) is 11.2. The number of urea groups is 1. The van der Waals surface area contributed by atoms with E-state index in [0.717, 1.165) is 16.9 Å². The third kappa shape index (κ3) is 6.46. The van der Waals surface area contributed by atoms with E-state index >= 15 is 0 Å². The van der Waals surface area contributed by atoms with Gasteiger partial charge in [0, 0.05) is 23.1 Å². The molecule has 2 heterocycles. The Morgan fingerprint density at radius 1 is 1.07 bits per heavy atom. The zero-order valence-corrected chi connectivity index (χ0v) is 21.9. The third-order valence-electron chi connectivity index (χ3n) is 5.64. The Kier molecular flexibility index (Phi) is 8.18. The summed E-state index contributed by atoms with van der Waals surface area (Å²) in [7, 11) is 1.46. The van der Waals surface area contributed by atoms with Gasteiger partial charge in [0.1, 0.15) is 11.6 Å². The van der Waals surface area contributed by atoms with Crippen LogP contribution in [0.15, 0.2) is 48.7 Å². The quantitative estimate of drug-likeness (QED) is 0.192. The first-order valence-corrected chi connectivity index (χ1v) is 12.5. The molecule has 0 fully saturated rings. The van der Waals surface area contributed by atoms with E-state index < -0.39 is 29.6 Å². The number of aromatic carboxylic acids is 1. The predicted molar refractivity (Wildman–Crippen MR) is 140 cm³/mol. The number of aromatic nitrogens is 3. The van der Waals surface area contributed by atoms with Crippen molar-refractivity contribution in [3.63, 3.8) is 0 Å². The number of ether oxygens (including phenoxy) is 1. The van der Waals surface area contributed by atoms with Crippen LogP contribution in [0.4, 0.5) is 28.8 Å². The number of hydrogen-bond donors (Lipinski definition) is 4. The number of ketones is 1. The van der Waals surface area contributed by atoms with Gasteiger partial charge in [-0.3, -0.25) is 10.1 Å². The van der Waals surface area contributed by atoms with Crippen LogP contribution >= 0.6 is 11.3 Å². The van der Waals surface area contributed by atoms with E-state index in [9.17, 15) is 27.6 Å². The van der Waals surface area contributed by atoms with Gasteiger partial charge in [-0.25, -0.2) is 19.6 Å². The van der Waals surface area contributed by atoms with Gasteiger partial charge in [0.2, 0.25) is 0 Å². The van der Waals surface area contributed by atoms with E-state index in [1.54, 1.807) is 42.5 Å². The molecule has 0 aliphatic rings. The molecule has 2 aromatic heterocycles. The van der Waals surface area contributed by atoms with Crippen LogP contribution in [0, 0.1) is 6.92 Å². The number of halogens is 3. The van der Waals surface area contributed by atoms with Gasteiger partial charge in [-0.1, -0.05) is 23.8 Å². The molecule has 0 saturated carbocycles. The van der Waals surface area contributed by atoms with Crippen molar-refractivity contribution in [3.05, 3.63) is 87.4 Å². The standard InChI is InChI=1S/C26H22F3N5O5S/c1-13-7-9-17(16(11-13)21(35)15-5-3-4-6-18(15)39-2)31-24(38)34-25-30-12-14(40-25)8-10-19-32-20(23(36)37)22(33-19)26(27,28)29/h3-7,9,11-12H,8,10H2,1-2H3,(H,32,33)(H,36,37)(H2,30,31,34,38). The molecule has 4 rings (SSSR count). The number of nitrogens with one attached hydrogen (secondary N) is 3. The zero-order chi connectivity index (χ0) is 29.0. The molecule has 0 aliphatic heterocycles. The number of nitrogens with zero attached hydrogens (tertiary/aromatic N) is 2. The minimum absolute atomic E-state index is 0.0119. The molecule has 0 unspecified atom stereocenters. The minimum atomic E-state index is -4.89. The summed E-state index contributed by atoms with van der Waals surface area (Å²) in [5.41, 5.74) is -0.843. The number of hydrogen-bond acceptors (Lipinski definition) is 7. The third-order valence-corrected chi connectivity index (χ3v) is 6.61. The molecule has 4 N–H and O–H groups in total. The molecule has 2 amide bonds. The Hall–Kier alpha value is -4.72. The first kappa shape index (κ1) is 28.3. The number of carboxylic acid groups (broad SMARTS) is 1. The molecule has 0 aliphatic carbocycles. The summed E-state index contributed by atoms with van der Waals surface area (Å²) < 4.78 is 44.5. The molecule has 14 heteroatoms. The summed E-state index contributed by atoms with van der Waals surface area (Å²) in [6, 6.07) is 11.1. The van der Waals surface area contributed by atoms with Gasteiger partial charge in [-0.2, -0.15) is 13.2 Å². The number of aromatic amines is 1. The van der Waals surface area contributed by atoms with E-state index in [0.29, 0.717) is 16.2 Å². The number of thiazole rings is 1. The van der Waals surface area contributed by atoms with E-state index in [-0.39, 0.29) is 40.8 Å². The number of rotatable bonds is 9. The Morgan fingerprint density at radius 2 is 1.82 bits per heavy atom. The van der Waals surface area contributed by atoms with Crippen LogP contribution in [0.5, 0.6) is 5.75 Å². The number of amides is 2. The summed E-state index contributed by atoms with van der Waals surface area (Å²) >= 11 is 1.08.